The molecule has 0 aliphatic carbocycles. The Labute approximate surface area is 55.5 Å². The zero-order valence-electron chi connectivity index (χ0n) is 5.89. The van der Waals surface area contributed by atoms with Crippen molar-refractivity contribution in [2.75, 3.05) is 13.2 Å². The highest BCUT2D eigenvalue weighted by Gasteiger charge is 2.07. The van der Waals surface area contributed by atoms with E-state index < -0.39 is 0 Å². The van der Waals surface area contributed by atoms with Gasteiger partial charge in [0.15, 0.2) is 0 Å². The molecule has 0 spiro atoms. The minimum Gasteiger partial charge on any atom is -0.494 e. The highest BCUT2D eigenvalue weighted by molar-refractivity contribution is 4.92. The molecule has 1 rings (SSSR count). The summed E-state index contributed by atoms with van der Waals surface area (Å²) in [5, 5.41) is 0. The largest absolute Gasteiger partial charge is 0.494 e. The maximum absolute atomic E-state index is 5.28. The molecule has 9 heavy (non-hydrogen) atoms. The van der Waals surface area contributed by atoms with Crippen molar-refractivity contribution in [1.82, 2.24) is 0 Å². The second-order valence-electron chi connectivity index (χ2n) is 2.39. The van der Waals surface area contributed by atoms with E-state index in [0.29, 0.717) is 19.1 Å². The van der Waals surface area contributed by atoms with Crippen molar-refractivity contribution in [2.45, 2.75) is 13.8 Å². The van der Waals surface area contributed by atoms with Gasteiger partial charge in [0.05, 0.1) is 0 Å². The van der Waals surface area contributed by atoms with Crippen molar-refractivity contribution in [1.29, 1.82) is 0 Å². The van der Waals surface area contributed by atoms with Crippen LogP contribution in [0.1, 0.15) is 13.8 Å². The number of allylic oxidation sites excluding steroid dienone is 1. The molecule has 2 heteroatoms. The summed E-state index contributed by atoms with van der Waals surface area (Å²) in [7, 11) is 0. The van der Waals surface area contributed by atoms with E-state index in [4.69, 9.17) is 9.47 Å². The summed E-state index contributed by atoms with van der Waals surface area (Å²) in [5.74, 6) is 1.41. The Bertz CT molecular complexity index is 116. The summed E-state index contributed by atoms with van der Waals surface area (Å²) in [4.78, 5) is 0. The van der Waals surface area contributed by atoms with Gasteiger partial charge in [0.25, 0.3) is 0 Å². The predicted molar refractivity (Wildman–Crippen MR) is 34.8 cm³/mol. The number of hydrogen-bond donors (Lipinski definition) is 0. The van der Waals surface area contributed by atoms with Gasteiger partial charge in [-0.05, 0) is 0 Å². The Morgan fingerprint density at radius 1 is 1.44 bits per heavy atom. The molecule has 0 aromatic carbocycles. The summed E-state index contributed by atoms with van der Waals surface area (Å²) in [6, 6.07) is 0. The molecule has 0 N–H and O–H groups in total. The second kappa shape index (κ2) is 2.76. The highest BCUT2D eigenvalue weighted by atomic mass is 16.6. The van der Waals surface area contributed by atoms with Gasteiger partial charge in [0.1, 0.15) is 25.2 Å². The van der Waals surface area contributed by atoms with E-state index in [1.807, 2.05) is 0 Å². The number of hydrogen-bond acceptors (Lipinski definition) is 2. The van der Waals surface area contributed by atoms with Crippen LogP contribution < -0.4 is 0 Å². The third kappa shape index (κ3) is 1.63. The fraction of sp³-hybridized carbons (Fsp3) is 0.714. The molecule has 0 aromatic heterocycles. The van der Waals surface area contributed by atoms with Gasteiger partial charge in [-0.3, -0.25) is 0 Å². The van der Waals surface area contributed by atoms with Crippen LogP contribution in [0, 0.1) is 5.92 Å². The molecule has 0 saturated heterocycles. The van der Waals surface area contributed by atoms with Crippen molar-refractivity contribution >= 4 is 0 Å². The van der Waals surface area contributed by atoms with E-state index in [1.54, 1.807) is 6.26 Å². The van der Waals surface area contributed by atoms with Crippen LogP contribution in [0.5, 0.6) is 0 Å². The number of ether oxygens (including phenoxy) is 2. The normalized spacial score (nSPS) is 18.3. The molecule has 52 valence electrons. The van der Waals surface area contributed by atoms with Gasteiger partial charge >= 0.3 is 0 Å². The van der Waals surface area contributed by atoms with E-state index >= 15 is 0 Å². The smallest absolute Gasteiger partial charge is 0.133 e. The fourth-order valence-corrected chi connectivity index (χ4v) is 0.685. The first kappa shape index (κ1) is 6.46. The van der Waals surface area contributed by atoms with Gasteiger partial charge < -0.3 is 9.47 Å². The topological polar surface area (TPSA) is 18.5 Å². The maximum Gasteiger partial charge on any atom is 0.133 e. The lowest BCUT2D eigenvalue weighted by Gasteiger charge is -2.17. The molecule has 0 bridgehead atoms. The minimum atomic E-state index is 0.449. The van der Waals surface area contributed by atoms with E-state index in [1.165, 1.54) is 0 Å². The van der Waals surface area contributed by atoms with Crippen LogP contribution in [0.2, 0.25) is 0 Å². The Morgan fingerprint density at radius 2 is 2.22 bits per heavy atom. The lowest BCUT2D eigenvalue weighted by atomic mass is 10.2. The zero-order valence-corrected chi connectivity index (χ0v) is 5.89. The van der Waals surface area contributed by atoms with E-state index in [9.17, 15) is 0 Å². The number of rotatable bonds is 1. The monoisotopic (exact) mass is 128 g/mol. The van der Waals surface area contributed by atoms with Crippen molar-refractivity contribution in [3.63, 3.8) is 0 Å². The summed E-state index contributed by atoms with van der Waals surface area (Å²) >= 11 is 0. The maximum atomic E-state index is 5.28. The van der Waals surface area contributed by atoms with Crippen molar-refractivity contribution in [3.8, 4) is 0 Å². The molecule has 1 aliphatic rings. The van der Waals surface area contributed by atoms with Crippen LogP contribution in [-0.2, 0) is 9.47 Å². The van der Waals surface area contributed by atoms with Crippen LogP contribution in [0.25, 0.3) is 0 Å². The lowest BCUT2D eigenvalue weighted by molar-refractivity contribution is 0.0699. The highest BCUT2D eigenvalue weighted by Crippen LogP contribution is 2.13. The molecule has 1 heterocycles. The Morgan fingerprint density at radius 3 is 2.56 bits per heavy atom. The van der Waals surface area contributed by atoms with Crippen LogP contribution >= 0.6 is 0 Å². The third-order valence-electron chi connectivity index (χ3n) is 1.24. The van der Waals surface area contributed by atoms with Gasteiger partial charge in [-0.15, -0.1) is 0 Å². The Kier molecular flexibility index (Phi) is 1.98. The Balaban J connectivity index is 2.46. The van der Waals surface area contributed by atoms with E-state index in [2.05, 4.69) is 13.8 Å². The summed E-state index contributed by atoms with van der Waals surface area (Å²) in [5.41, 5.74) is 0. The van der Waals surface area contributed by atoms with Crippen LogP contribution in [0.15, 0.2) is 12.0 Å². The first-order chi connectivity index (χ1) is 4.30. The molecule has 0 aromatic rings. The summed E-state index contributed by atoms with van der Waals surface area (Å²) in [6.07, 6.45) is 1.70. The van der Waals surface area contributed by atoms with Crippen molar-refractivity contribution in [2.24, 2.45) is 5.92 Å². The van der Waals surface area contributed by atoms with Crippen molar-refractivity contribution < 1.29 is 9.47 Å². The molecular weight excluding hydrogens is 116 g/mol. The molecular formula is C7H12O2. The SMILES string of the molecule is CC(C)C1=COCCO1. The van der Waals surface area contributed by atoms with Crippen LogP contribution in [0.3, 0.4) is 0 Å². The predicted octanol–water partition coefficient (Wildman–Crippen LogP) is 1.53. The van der Waals surface area contributed by atoms with Crippen LogP contribution in [0.4, 0.5) is 0 Å². The average molecular weight is 128 g/mol. The molecule has 0 unspecified atom stereocenters. The molecule has 0 fully saturated rings. The second-order valence-corrected chi connectivity index (χ2v) is 2.39. The Hall–Kier alpha value is -0.660. The molecule has 2 nitrogen and oxygen atoms in total. The first-order valence-electron chi connectivity index (χ1n) is 3.25. The molecule has 0 atom stereocenters. The molecule has 0 saturated carbocycles. The summed E-state index contributed by atoms with van der Waals surface area (Å²) in [6.45, 7) is 5.56. The van der Waals surface area contributed by atoms with Crippen molar-refractivity contribution in [3.05, 3.63) is 12.0 Å². The van der Waals surface area contributed by atoms with Gasteiger partial charge in [0, 0.05) is 5.92 Å². The van der Waals surface area contributed by atoms with Gasteiger partial charge in [0.2, 0.25) is 0 Å². The third-order valence-corrected chi connectivity index (χ3v) is 1.24. The zero-order chi connectivity index (χ0) is 6.69. The molecule has 0 radical (unpaired) electrons. The van der Waals surface area contributed by atoms with Gasteiger partial charge in [-0.1, -0.05) is 13.8 Å². The van der Waals surface area contributed by atoms with E-state index in [-0.39, 0.29) is 0 Å². The molecule has 1 aliphatic heterocycles. The van der Waals surface area contributed by atoms with Gasteiger partial charge in [-0.2, -0.15) is 0 Å². The van der Waals surface area contributed by atoms with Gasteiger partial charge in [-0.25, -0.2) is 0 Å². The first-order valence-corrected chi connectivity index (χ1v) is 3.25. The van der Waals surface area contributed by atoms with E-state index in [0.717, 1.165) is 5.76 Å². The quantitative estimate of drug-likeness (QED) is 0.533. The standard InChI is InChI=1S/C7H12O2/c1-6(2)7-5-8-3-4-9-7/h5-6H,3-4H2,1-2H3. The molecule has 0 amide bonds. The summed E-state index contributed by atoms with van der Waals surface area (Å²) < 4.78 is 10.3. The van der Waals surface area contributed by atoms with Crippen LogP contribution in [-0.4, -0.2) is 13.2 Å². The average Bonchev–Trinajstić information content (AvgIpc) is 1.90. The fourth-order valence-electron chi connectivity index (χ4n) is 0.685. The lowest BCUT2D eigenvalue weighted by Crippen LogP contribution is -2.11. The minimum absolute atomic E-state index is 0.449.